The van der Waals surface area contributed by atoms with E-state index >= 15 is 0 Å². The van der Waals surface area contributed by atoms with Crippen LogP contribution in [0.25, 0.3) is 11.1 Å². The van der Waals surface area contributed by atoms with Crippen LogP contribution in [0.5, 0.6) is 0 Å². The first-order valence-electron chi connectivity index (χ1n) is 3.14. The predicted octanol–water partition coefficient (Wildman–Crippen LogP) is -0.283. The zero-order chi connectivity index (χ0) is 8.27. The third kappa shape index (κ3) is 1.66. The van der Waals surface area contributed by atoms with Crippen molar-refractivity contribution in [3.63, 3.8) is 0 Å². The minimum absolute atomic E-state index is 0.750. The molecular weight excluding hydrogens is 143 g/mol. The largest absolute Gasteiger partial charge is 0.432 e. The Kier molecular flexibility index (Phi) is 2.41. The summed E-state index contributed by atoms with van der Waals surface area (Å²) in [4.78, 5) is 10.1. The van der Waals surface area contributed by atoms with Crippen molar-refractivity contribution in [2.45, 2.75) is 0 Å². The highest BCUT2D eigenvalue weighted by Crippen LogP contribution is 2.36. The molecular formula is C7H7BO3. The van der Waals surface area contributed by atoms with Gasteiger partial charge in [0.25, 0.3) is 0 Å². The lowest BCUT2D eigenvalue weighted by molar-refractivity contribution is 0.112. The molecule has 0 spiro atoms. The van der Waals surface area contributed by atoms with Gasteiger partial charge in [-0.25, -0.2) is 0 Å². The molecule has 0 fully saturated rings. The normalized spacial score (nSPS) is 9.27. The summed E-state index contributed by atoms with van der Waals surface area (Å²) in [6, 6.07) is 5.81. The standard InChI is InChI=1S/C7H4O.BH3O2/c8-4-6-2-1-5-3-7(5)6;2-1-3/h1-4H;1-3H. The Balaban J connectivity index is 0.000000179. The molecule has 0 aromatic heterocycles. The highest BCUT2D eigenvalue weighted by Gasteiger charge is 2.15. The highest BCUT2D eigenvalue weighted by molar-refractivity contribution is 6.13. The van der Waals surface area contributed by atoms with Crippen LogP contribution in [-0.2, 0) is 0 Å². The molecule has 3 nitrogen and oxygen atoms in total. The molecule has 0 aromatic rings. The minimum Gasteiger partial charge on any atom is -0.430 e. The maximum atomic E-state index is 10.1. The van der Waals surface area contributed by atoms with E-state index in [4.69, 9.17) is 10.0 Å². The second-order valence-corrected chi connectivity index (χ2v) is 2.06. The first kappa shape index (κ1) is 7.98. The Morgan fingerprint density at radius 2 is 2.00 bits per heavy atom. The van der Waals surface area contributed by atoms with Crippen molar-refractivity contribution in [2.24, 2.45) is 0 Å². The van der Waals surface area contributed by atoms with Gasteiger partial charge in [-0.1, -0.05) is 12.1 Å². The lowest BCUT2D eigenvalue weighted by atomic mass is 10.3. The van der Waals surface area contributed by atoms with Crippen LogP contribution in [0.15, 0.2) is 18.2 Å². The zero-order valence-electron chi connectivity index (χ0n) is 5.82. The monoisotopic (exact) mass is 150 g/mol. The quantitative estimate of drug-likeness (QED) is 0.434. The number of aldehydes is 1. The van der Waals surface area contributed by atoms with E-state index in [9.17, 15) is 4.79 Å². The Morgan fingerprint density at radius 1 is 1.36 bits per heavy atom. The van der Waals surface area contributed by atoms with E-state index in [1.165, 1.54) is 5.56 Å². The van der Waals surface area contributed by atoms with E-state index in [0.29, 0.717) is 0 Å². The van der Waals surface area contributed by atoms with E-state index in [0.717, 1.165) is 17.4 Å². The van der Waals surface area contributed by atoms with Gasteiger partial charge in [-0.2, -0.15) is 0 Å². The molecule has 0 heterocycles. The molecule has 11 heavy (non-hydrogen) atoms. The molecule has 0 atom stereocenters. The molecule has 0 unspecified atom stereocenters. The van der Waals surface area contributed by atoms with E-state index < -0.39 is 7.69 Å². The SMILES string of the molecule is O=Cc1ccc2cc1-2.OBO. The molecule has 0 saturated heterocycles. The van der Waals surface area contributed by atoms with E-state index in [2.05, 4.69) is 0 Å². The summed E-state index contributed by atoms with van der Waals surface area (Å²) in [5, 5.41) is 14.2. The molecule has 2 N–H and O–H groups in total. The summed E-state index contributed by atoms with van der Waals surface area (Å²) < 4.78 is 0. The van der Waals surface area contributed by atoms with Crippen LogP contribution < -0.4 is 0 Å². The molecule has 0 bridgehead atoms. The molecule has 2 aliphatic rings. The second-order valence-electron chi connectivity index (χ2n) is 2.06. The van der Waals surface area contributed by atoms with Crippen molar-refractivity contribution in [2.75, 3.05) is 0 Å². The van der Waals surface area contributed by atoms with Crippen molar-refractivity contribution in [1.29, 1.82) is 0 Å². The van der Waals surface area contributed by atoms with E-state index in [1.807, 2.05) is 18.2 Å². The summed E-state index contributed by atoms with van der Waals surface area (Å²) in [6.07, 6.45) is 0.891. The van der Waals surface area contributed by atoms with Crippen LogP contribution in [0.1, 0.15) is 10.4 Å². The first-order valence-corrected chi connectivity index (χ1v) is 3.14. The van der Waals surface area contributed by atoms with Gasteiger partial charge in [0.05, 0.1) is 0 Å². The number of carbonyl (C=O) groups excluding carboxylic acids is 1. The summed E-state index contributed by atoms with van der Waals surface area (Å²) in [5.74, 6) is 0. The first-order chi connectivity index (χ1) is 5.33. The van der Waals surface area contributed by atoms with Gasteiger partial charge < -0.3 is 10.0 Å². The van der Waals surface area contributed by atoms with Crippen molar-refractivity contribution < 1.29 is 14.8 Å². The lowest BCUT2D eigenvalue weighted by Crippen LogP contribution is -1.75. The third-order valence-corrected chi connectivity index (χ3v) is 1.41. The average Bonchev–Trinajstić information content (AvgIpc) is 2.66. The fraction of sp³-hybridized carbons (Fsp3) is 0. The van der Waals surface area contributed by atoms with Gasteiger partial charge in [0.15, 0.2) is 6.29 Å². The van der Waals surface area contributed by atoms with Gasteiger partial charge in [-0.15, -0.1) is 0 Å². The molecule has 0 aliphatic heterocycles. The number of rotatable bonds is 1. The van der Waals surface area contributed by atoms with Crippen LogP contribution in [-0.4, -0.2) is 24.0 Å². The van der Waals surface area contributed by atoms with Crippen LogP contribution in [0.2, 0.25) is 0 Å². The maximum absolute atomic E-state index is 10.1. The molecule has 0 radical (unpaired) electrons. The van der Waals surface area contributed by atoms with Gasteiger partial charge in [0.2, 0.25) is 0 Å². The number of benzene rings is 1. The summed E-state index contributed by atoms with van der Waals surface area (Å²) in [5.41, 5.74) is 3.20. The lowest BCUT2D eigenvalue weighted by Gasteiger charge is -1.71. The average molecular weight is 150 g/mol. The maximum Gasteiger partial charge on any atom is 0.432 e. The topological polar surface area (TPSA) is 57.5 Å². The molecule has 56 valence electrons. The van der Waals surface area contributed by atoms with Crippen LogP contribution in [0.3, 0.4) is 0 Å². The molecule has 0 aromatic carbocycles. The zero-order valence-corrected chi connectivity index (χ0v) is 5.82. The molecule has 2 rings (SSSR count). The molecule has 0 amide bonds. The van der Waals surface area contributed by atoms with Crippen molar-refractivity contribution in [1.82, 2.24) is 0 Å². The number of hydrogen-bond acceptors (Lipinski definition) is 3. The summed E-state index contributed by atoms with van der Waals surface area (Å²) in [7, 11) is -0.750. The molecule has 4 heteroatoms. The summed E-state index contributed by atoms with van der Waals surface area (Å²) >= 11 is 0. The Labute approximate surface area is 64.6 Å². The Morgan fingerprint density at radius 3 is 2.18 bits per heavy atom. The van der Waals surface area contributed by atoms with Gasteiger partial charge in [-0.3, -0.25) is 4.79 Å². The number of hydrogen-bond donors (Lipinski definition) is 2. The Bertz CT molecular complexity index is 272. The fourth-order valence-corrected chi connectivity index (χ4v) is 0.879. The van der Waals surface area contributed by atoms with Crippen molar-refractivity contribution in [3.05, 3.63) is 23.8 Å². The Hall–Kier alpha value is -1.13. The number of carbonyl (C=O) groups is 1. The number of fused-ring (bicyclic) bond motifs is 1. The third-order valence-electron chi connectivity index (χ3n) is 1.41. The van der Waals surface area contributed by atoms with Crippen LogP contribution in [0, 0.1) is 0 Å². The van der Waals surface area contributed by atoms with Gasteiger partial charge >= 0.3 is 7.69 Å². The second kappa shape index (κ2) is 3.32. The van der Waals surface area contributed by atoms with Gasteiger partial charge in [-0.05, 0) is 17.2 Å². The van der Waals surface area contributed by atoms with Gasteiger partial charge in [0.1, 0.15) is 0 Å². The van der Waals surface area contributed by atoms with Crippen molar-refractivity contribution >= 4 is 14.0 Å². The summed E-state index contributed by atoms with van der Waals surface area (Å²) in [6.45, 7) is 0. The minimum atomic E-state index is -0.750. The van der Waals surface area contributed by atoms with E-state index in [-0.39, 0.29) is 0 Å². The predicted molar refractivity (Wildman–Crippen MR) is 42.4 cm³/mol. The molecule has 0 saturated carbocycles. The highest BCUT2D eigenvalue weighted by atomic mass is 16.4. The van der Waals surface area contributed by atoms with Crippen molar-refractivity contribution in [3.8, 4) is 11.1 Å². The van der Waals surface area contributed by atoms with Crippen LogP contribution in [0.4, 0.5) is 0 Å². The van der Waals surface area contributed by atoms with Crippen LogP contribution >= 0.6 is 0 Å². The molecule has 2 aliphatic carbocycles. The van der Waals surface area contributed by atoms with E-state index in [1.54, 1.807) is 0 Å². The smallest absolute Gasteiger partial charge is 0.430 e. The van der Waals surface area contributed by atoms with Gasteiger partial charge in [0, 0.05) is 5.56 Å². The fourth-order valence-electron chi connectivity index (χ4n) is 0.879.